The van der Waals surface area contributed by atoms with Gasteiger partial charge in [0.1, 0.15) is 6.23 Å². The zero-order valence-corrected chi connectivity index (χ0v) is 9.51. The first-order valence-corrected chi connectivity index (χ1v) is 5.75. The summed E-state index contributed by atoms with van der Waals surface area (Å²) in [5, 5.41) is 3.38. The fourth-order valence-corrected chi connectivity index (χ4v) is 1.76. The van der Waals surface area contributed by atoms with Crippen molar-refractivity contribution in [1.29, 1.82) is 0 Å². The Morgan fingerprint density at radius 1 is 1.50 bits per heavy atom. The SMILES string of the molecule is C=CC1(C)CNC(CCCCCC)O1. The molecule has 0 amide bonds. The molecule has 2 heteroatoms. The molecule has 1 N–H and O–H groups in total. The molecule has 1 aliphatic heterocycles. The number of hydrogen-bond donors (Lipinski definition) is 1. The van der Waals surface area contributed by atoms with Crippen LogP contribution in [0.3, 0.4) is 0 Å². The molecule has 0 radical (unpaired) electrons. The van der Waals surface area contributed by atoms with Gasteiger partial charge in [0.25, 0.3) is 0 Å². The van der Waals surface area contributed by atoms with Crippen molar-refractivity contribution in [3.8, 4) is 0 Å². The van der Waals surface area contributed by atoms with E-state index in [1.165, 1.54) is 25.7 Å². The minimum atomic E-state index is -0.143. The molecule has 14 heavy (non-hydrogen) atoms. The van der Waals surface area contributed by atoms with Crippen LogP contribution in [0.4, 0.5) is 0 Å². The fraction of sp³-hybridized carbons (Fsp3) is 0.833. The predicted octanol–water partition coefficient (Wildman–Crippen LogP) is 2.85. The molecule has 1 heterocycles. The summed E-state index contributed by atoms with van der Waals surface area (Å²) in [6, 6.07) is 0. The van der Waals surface area contributed by atoms with Gasteiger partial charge >= 0.3 is 0 Å². The lowest BCUT2D eigenvalue weighted by molar-refractivity contribution is -0.000385. The van der Waals surface area contributed by atoms with Crippen LogP contribution in [0.2, 0.25) is 0 Å². The van der Waals surface area contributed by atoms with Crippen LogP contribution in [-0.2, 0) is 4.74 Å². The van der Waals surface area contributed by atoms with E-state index >= 15 is 0 Å². The minimum absolute atomic E-state index is 0.143. The second-order valence-electron chi connectivity index (χ2n) is 4.35. The van der Waals surface area contributed by atoms with Crippen LogP contribution in [0.5, 0.6) is 0 Å². The van der Waals surface area contributed by atoms with E-state index in [-0.39, 0.29) is 11.8 Å². The molecule has 2 unspecified atom stereocenters. The molecule has 1 rings (SSSR count). The third kappa shape index (κ3) is 3.43. The maximum atomic E-state index is 5.85. The fourth-order valence-electron chi connectivity index (χ4n) is 1.76. The molecular formula is C12H23NO. The van der Waals surface area contributed by atoms with Gasteiger partial charge in [-0.15, -0.1) is 6.58 Å². The topological polar surface area (TPSA) is 21.3 Å². The van der Waals surface area contributed by atoms with Crippen molar-refractivity contribution in [2.45, 2.75) is 57.8 Å². The van der Waals surface area contributed by atoms with Crippen LogP contribution < -0.4 is 5.32 Å². The van der Waals surface area contributed by atoms with E-state index in [0.717, 1.165) is 13.0 Å². The van der Waals surface area contributed by atoms with Gasteiger partial charge in [0, 0.05) is 6.54 Å². The Kier molecular flexibility index (Phi) is 4.63. The van der Waals surface area contributed by atoms with E-state index in [0.29, 0.717) is 0 Å². The highest BCUT2D eigenvalue weighted by atomic mass is 16.5. The van der Waals surface area contributed by atoms with Crippen molar-refractivity contribution in [2.75, 3.05) is 6.54 Å². The van der Waals surface area contributed by atoms with Crippen molar-refractivity contribution in [3.63, 3.8) is 0 Å². The largest absolute Gasteiger partial charge is 0.352 e. The molecule has 2 nitrogen and oxygen atoms in total. The lowest BCUT2D eigenvalue weighted by Gasteiger charge is -2.18. The van der Waals surface area contributed by atoms with Crippen molar-refractivity contribution in [3.05, 3.63) is 12.7 Å². The van der Waals surface area contributed by atoms with Gasteiger partial charge in [0.05, 0.1) is 5.60 Å². The summed E-state index contributed by atoms with van der Waals surface area (Å²) in [5.74, 6) is 0. The quantitative estimate of drug-likeness (QED) is 0.522. The molecule has 0 aliphatic carbocycles. The van der Waals surface area contributed by atoms with Gasteiger partial charge in [-0.2, -0.15) is 0 Å². The Bertz CT molecular complexity index is 181. The van der Waals surface area contributed by atoms with Crippen LogP contribution in [0, 0.1) is 0 Å². The summed E-state index contributed by atoms with van der Waals surface area (Å²) < 4.78 is 5.85. The Morgan fingerprint density at radius 2 is 2.29 bits per heavy atom. The monoisotopic (exact) mass is 197 g/mol. The van der Waals surface area contributed by atoms with Crippen molar-refractivity contribution in [1.82, 2.24) is 5.32 Å². The van der Waals surface area contributed by atoms with E-state index in [9.17, 15) is 0 Å². The number of rotatable bonds is 6. The standard InChI is InChI=1S/C12H23NO/c1-4-6-7-8-9-11-13-10-12(3,5-2)14-11/h5,11,13H,2,4,6-10H2,1,3H3. The molecule has 0 aromatic rings. The maximum absolute atomic E-state index is 5.85. The molecule has 0 aromatic carbocycles. The third-order valence-corrected chi connectivity index (χ3v) is 2.84. The normalized spacial score (nSPS) is 32.0. The predicted molar refractivity (Wildman–Crippen MR) is 60.2 cm³/mol. The van der Waals surface area contributed by atoms with E-state index in [2.05, 4.69) is 25.7 Å². The van der Waals surface area contributed by atoms with Crippen molar-refractivity contribution >= 4 is 0 Å². The summed E-state index contributed by atoms with van der Waals surface area (Å²) in [4.78, 5) is 0. The molecule has 1 fully saturated rings. The number of hydrogen-bond acceptors (Lipinski definition) is 2. The van der Waals surface area contributed by atoms with Gasteiger partial charge in [-0.25, -0.2) is 0 Å². The molecule has 2 atom stereocenters. The van der Waals surface area contributed by atoms with Gasteiger partial charge in [0.15, 0.2) is 0 Å². The maximum Gasteiger partial charge on any atom is 0.109 e. The Balaban J connectivity index is 2.13. The van der Waals surface area contributed by atoms with E-state index in [4.69, 9.17) is 4.74 Å². The third-order valence-electron chi connectivity index (χ3n) is 2.84. The van der Waals surface area contributed by atoms with E-state index in [1.54, 1.807) is 0 Å². The molecule has 0 saturated carbocycles. The Labute approximate surface area is 87.7 Å². The van der Waals surface area contributed by atoms with E-state index in [1.807, 2.05) is 6.08 Å². The molecule has 0 aromatic heterocycles. The summed E-state index contributed by atoms with van der Waals surface area (Å²) in [6.07, 6.45) is 8.49. The zero-order valence-electron chi connectivity index (χ0n) is 9.51. The number of nitrogens with one attached hydrogen (secondary N) is 1. The molecule has 0 spiro atoms. The number of unbranched alkanes of at least 4 members (excludes halogenated alkanes) is 3. The van der Waals surface area contributed by atoms with Gasteiger partial charge in [-0.1, -0.05) is 32.3 Å². The Hall–Kier alpha value is -0.340. The van der Waals surface area contributed by atoms with Crippen LogP contribution in [0.25, 0.3) is 0 Å². The summed E-state index contributed by atoms with van der Waals surface area (Å²) in [5.41, 5.74) is -0.143. The minimum Gasteiger partial charge on any atom is -0.352 e. The van der Waals surface area contributed by atoms with Crippen LogP contribution in [0.15, 0.2) is 12.7 Å². The number of ether oxygens (including phenoxy) is 1. The highest BCUT2D eigenvalue weighted by molar-refractivity contribution is 4.99. The van der Waals surface area contributed by atoms with Gasteiger partial charge < -0.3 is 4.74 Å². The van der Waals surface area contributed by atoms with Crippen LogP contribution >= 0.6 is 0 Å². The van der Waals surface area contributed by atoms with E-state index < -0.39 is 0 Å². The van der Waals surface area contributed by atoms with Crippen molar-refractivity contribution in [2.24, 2.45) is 0 Å². The average molecular weight is 197 g/mol. The smallest absolute Gasteiger partial charge is 0.109 e. The average Bonchev–Trinajstić information content (AvgIpc) is 2.56. The lowest BCUT2D eigenvalue weighted by Crippen LogP contribution is -2.25. The summed E-state index contributed by atoms with van der Waals surface area (Å²) >= 11 is 0. The molecule has 1 saturated heterocycles. The second-order valence-corrected chi connectivity index (χ2v) is 4.35. The molecule has 82 valence electrons. The zero-order chi connectivity index (χ0) is 10.4. The van der Waals surface area contributed by atoms with Crippen molar-refractivity contribution < 1.29 is 4.74 Å². The van der Waals surface area contributed by atoms with Crippen LogP contribution in [-0.4, -0.2) is 18.4 Å². The highest BCUT2D eigenvalue weighted by Crippen LogP contribution is 2.21. The first-order chi connectivity index (χ1) is 6.70. The first-order valence-electron chi connectivity index (χ1n) is 5.75. The Morgan fingerprint density at radius 3 is 2.86 bits per heavy atom. The first kappa shape index (κ1) is 11.7. The molecule has 0 bridgehead atoms. The summed E-state index contributed by atoms with van der Waals surface area (Å²) in [6.45, 7) is 9.01. The highest BCUT2D eigenvalue weighted by Gasteiger charge is 2.32. The van der Waals surface area contributed by atoms with Gasteiger partial charge in [-0.3, -0.25) is 5.32 Å². The molecule has 1 aliphatic rings. The van der Waals surface area contributed by atoms with Gasteiger partial charge in [0.2, 0.25) is 0 Å². The second kappa shape index (κ2) is 5.52. The summed E-state index contributed by atoms with van der Waals surface area (Å²) in [7, 11) is 0. The van der Waals surface area contributed by atoms with Gasteiger partial charge in [-0.05, 0) is 19.8 Å². The van der Waals surface area contributed by atoms with Crippen LogP contribution in [0.1, 0.15) is 46.0 Å². The lowest BCUT2D eigenvalue weighted by atomic mass is 10.1. The molecular weight excluding hydrogens is 174 g/mol.